The van der Waals surface area contributed by atoms with Crippen molar-refractivity contribution in [1.82, 2.24) is 9.97 Å². The molecule has 0 aliphatic heterocycles. The summed E-state index contributed by atoms with van der Waals surface area (Å²) in [6.07, 6.45) is 4.80. The summed E-state index contributed by atoms with van der Waals surface area (Å²) in [4.78, 5) is 46.5. The highest BCUT2D eigenvalue weighted by molar-refractivity contribution is 7.99. The second kappa shape index (κ2) is 10.5. The van der Waals surface area contributed by atoms with Crippen LogP contribution < -0.4 is 10.9 Å². The summed E-state index contributed by atoms with van der Waals surface area (Å²) in [6, 6.07) is 6.59. The van der Waals surface area contributed by atoms with Crippen molar-refractivity contribution in [1.29, 1.82) is 0 Å². The number of hydrogen-bond donors (Lipinski definition) is 2. The Balaban J connectivity index is 1.35. The molecule has 4 rings (SSSR count). The summed E-state index contributed by atoms with van der Waals surface area (Å²) >= 11 is 2.79. The number of hydrogen-bond acceptors (Lipinski definition) is 7. The molecule has 7 nitrogen and oxygen atoms in total. The molecule has 1 aliphatic rings. The molecule has 0 fully saturated rings. The number of aryl methyl sites for hydroxylation is 1. The number of ether oxygens (including phenoxy) is 1. The van der Waals surface area contributed by atoms with E-state index in [1.165, 1.54) is 16.6 Å². The number of unbranched alkanes of at least 4 members (excludes halogenated alkanes) is 1. The van der Waals surface area contributed by atoms with Gasteiger partial charge in [0.1, 0.15) is 4.83 Å². The van der Waals surface area contributed by atoms with E-state index in [4.69, 9.17) is 4.74 Å². The normalized spacial score (nSPS) is 15.3. The fourth-order valence-corrected chi connectivity index (χ4v) is 5.91. The molecule has 1 atom stereocenters. The maximum Gasteiger partial charge on any atom is 0.338 e. The van der Waals surface area contributed by atoms with Crippen LogP contribution in [0.25, 0.3) is 10.2 Å². The van der Waals surface area contributed by atoms with E-state index < -0.39 is 0 Å². The molecule has 0 spiro atoms. The molecule has 1 aromatic carbocycles. The number of H-pyrrole nitrogens is 1. The molecular formula is C24H27N3O4S2. The Hall–Kier alpha value is -2.65. The lowest BCUT2D eigenvalue weighted by Crippen LogP contribution is -2.16. The van der Waals surface area contributed by atoms with Crippen LogP contribution in [-0.2, 0) is 22.4 Å². The van der Waals surface area contributed by atoms with Crippen molar-refractivity contribution in [3.05, 3.63) is 50.6 Å². The van der Waals surface area contributed by atoms with Crippen LogP contribution in [0.3, 0.4) is 0 Å². The predicted octanol–water partition coefficient (Wildman–Crippen LogP) is 4.80. The number of esters is 1. The minimum Gasteiger partial charge on any atom is -0.462 e. The van der Waals surface area contributed by atoms with E-state index in [-0.39, 0.29) is 23.2 Å². The first-order valence-electron chi connectivity index (χ1n) is 11.2. The second-order valence-corrected chi connectivity index (χ2v) is 10.4. The summed E-state index contributed by atoms with van der Waals surface area (Å²) in [5.74, 6) is 0.146. The van der Waals surface area contributed by atoms with Gasteiger partial charge in [-0.2, -0.15) is 0 Å². The Labute approximate surface area is 200 Å². The molecule has 0 saturated carbocycles. The molecule has 1 amide bonds. The standard InChI is InChI=1S/C24H27N3O4S2/c1-3-4-11-31-23(30)15-6-8-16(9-7-15)25-19(28)13-32-24-26-21(29)20-17-10-5-14(2)12-18(17)33-22(20)27-24/h6-9,14H,3-5,10-13H2,1-2H3,(H,25,28)(H,26,27,29). The monoisotopic (exact) mass is 485 g/mol. The highest BCUT2D eigenvalue weighted by Gasteiger charge is 2.23. The van der Waals surface area contributed by atoms with E-state index in [2.05, 4.69) is 22.2 Å². The number of carbonyl (C=O) groups is 2. The first-order valence-corrected chi connectivity index (χ1v) is 13.0. The number of thioether (sulfide) groups is 1. The molecule has 174 valence electrons. The molecule has 33 heavy (non-hydrogen) atoms. The van der Waals surface area contributed by atoms with Crippen LogP contribution >= 0.6 is 23.1 Å². The van der Waals surface area contributed by atoms with Gasteiger partial charge in [0, 0.05) is 10.6 Å². The smallest absolute Gasteiger partial charge is 0.338 e. The lowest BCUT2D eigenvalue weighted by Gasteiger charge is -2.17. The average molecular weight is 486 g/mol. The van der Waals surface area contributed by atoms with Crippen LogP contribution in [0.1, 0.15) is 53.9 Å². The lowest BCUT2D eigenvalue weighted by molar-refractivity contribution is -0.113. The Kier molecular flexibility index (Phi) is 7.49. The van der Waals surface area contributed by atoms with Crippen LogP contribution in [0, 0.1) is 5.92 Å². The number of rotatable bonds is 8. The fourth-order valence-electron chi connectivity index (χ4n) is 3.81. The van der Waals surface area contributed by atoms with E-state index in [0.29, 0.717) is 34.3 Å². The number of fused-ring (bicyclic) bond motifs is 3. The van der Waals surface area contributed by atoms with Crippen molar-refractivity contribution in [2.45, 2.75) is 51.1 Å². The summed E-state index contributed by atoms with van der Waals surface area (Å²) < 4.78 is 5.18. The fraction of sp³-hybridized carbons (Fsp3) is 0.417. The van der Waals surface area contributed by atoms with E-state index in [0.717, 1.165) is 42.5 Å². The van der Waals surface area contributed by atoms with Gasteiger partial charge in [-0.05, 0) is 61.4 Å². The van der Waals surface area contributed by atoms with Gasteiger partial charge in [0.25, 0.3) is 5.56 Å². The third kappa shape index (κ3) is 5.65. The van der Waals surface area contributed by atoms with Crippen molar-refractivity contribution in [2.24, 2.45) is 5.92 Å². The molecule has 2 N–H and O–H groups in total. The molecular weight excluding hydrogens is 458 g/mol. The predicted molar refractivity (Wildman–Crippen MR) is 132 cm³/mol. The number of aromatic amines is 1. The van der Waals surface area contributed by atoms with Gasteiger partial charge in [0.2, 0.25) is 5.91 Å². The number of benzene rings is 1. The first-order chi connectivity index (χ1) is 15.9. The zero-order valence-electron chi connectivity index (χ0n) is 18.7. The zero-order chi connectivity index (χ0) is 23.4. The van der Waals surface area contributed by atoms with Crippen molar-refractivity contribution >= 4 is 50.9 Å². The van der Waals surface area contributed by atoms with Gasteiger partial charge in [0.05, 0.1) is 23.3 Å². The summed E-state index contributed by atoms with van der Waals surface area (Å²) in [5, 5.41) is 3.95. The number of carbonyl (C=O) groups excluding carboxylic acids is 2. The van der Waals surface area contributed by atoms with Crippen LogP contribution in [-0.4, -0.2) is 34.2 Å². The molecule has 0 saturated heterocycles. The molecule has 1 aliphatic carbocycles. The number of aromatic nitrogens is 2. The summed E-state index contributed by atoms with van der Waals surface area (Å²) in [5.41, 5.74) is 2.05. The molecule has 0 radical (unpaired) electrons. The Morgan fingerprint density at radius 3 is 2.85 bits per heavy atom. The summed E-state index contributed by atoms with van der Waals surface area (Å²) in [6.45, 7) is 4.67. The third-order valence-corrected chi connectivity index (χ3v) is 7.64. The van der Waals surface area contributed by atoms with Gasteiger partial charge in [-0.15, -0.1) is 11.3 Å². The quantitative estimate of drug-likeness (QED) is 0.206. The van der Waals surface area contributed by atoms with Gasteiger partial charge in [0.15, 0.2) is 5.16 Å². The minimum absolute atomic E-state index is 0.109. The number of nitrogens with zero attached hydrogens (tertiary/aromatic N) is 1. The average Bonchev–Trinajstić information content (AvgIpc) is 3.16. The van der Waals surface area contributed by atoms with Crippen molar-refractivity contribution < 1.29 is 14.3 Å². The maximum absolute atomic E-state index is 12.7. The number of amides is 1. The minimum atomic E-state index is -0.369. The highest BCUT2D eigenvalue weighted by atomic mass is 32.2. The van der Waals surface area contributed by atoms with Crippen molar-refractivity contribution in [3.8, 4) is 0 Å². The van der Waals surface area contributed by atoms with Crippen LogP contribution in [0.2, 0.25) is 0 Å². The summed E-state index contributed by atoms with van der Waals surface area (Å²) in [7, 11) is 0. The first kappa shape index (κ1) is 23.5. The van der Waals surface area contributed by atoms with E-state index in [1.807, 2.05) is 6.92 Å². The van der Waals surface area contributed by atoms with Crippen molar-refractivity contribution in [2.75, 3.05) is 17.7 Å². The van der Waals surface area contributed by atoms with Crippen molar-refractivity contribution in [3.63, 3.8) is 0 Å². The molecule has 2 aromatic heterocycles. The zero-order valence-corrected chi connectivity index (χ0v) is 20.4. The molecule has 1 unspecified atom stereocenters. The Morgan fingerprint density at radius 1 is 1.30 bits per heavy atom. The van der Waals surface area contributed by atoms with Crippen LogP contribution in [0.5, 0.6) is 0 Å². The molecule has 9 heteroatoms. The van der Waals surface area contributed by atoms with Gasteiger partial charge in [-0.1, -0.05) is 32.0 Å². The molecule has 3 aromatic rings. The molecule has 2 heterocycles. The number of nitrogens with one attached hydrogen (secondary N) is 2. The van der Waals surface area contributed by atoms with Gasteiger partial charge in [-0.3, -0.25) is 9.59 Å². The van der Waals surface area contributed by atoms with Gasteiger partial charge < -0.3 is 15.0 Å². The topological polar surface area (TPSA) is 101 Å². The maximum atomic E-state index is 12.7. The number of thiophene rings is 1. The Bertz CT molecular complexity index is 1220. The lowest BCUT2D eigenvalue weighted by atomic mass is 9.89. The van der Waals surface area contributed by atoms with E-state index in [9.17, 15) is 14.4 Å². The van der Waals surface area contributed by atoms with Crippen LogP contribution in [0.15, 0.2) is 34.2 Å². The highest BCUT2D eigenvalue weighted by Crippen LogP contribution is 2.36. The third-order valence-electron chi connectivity index (χ3n) is 5.62. The van der Waals surface area contributed by atoms with Gasteiger partial charge in [-0.25, -0.2) is 9.78 Å². The second-order valence-electron chi connectivity index (χ2n) is 8.31. The van der Waals surface area contributed by atoms with Gasteiger partial charge >= 0.3 is 5.97 Å². The Morgan fingerprint density at radius 2 is 2.09 bits per heavy atom. The molecule has 0 bridgehead atoms. The van der Waals surface area contributed by atoms with Crippen LogP contribution in [0.4, 0.5) is 5.69 Å². The SMILES string of the molecule is CCCCOC(=O)c1ccc(NC(=O)CSc2nc3sc4c(c3c(=O)[nH]2)CCC(C)C4)cc1. The number of anilines is 1. The van der Waals surface area contributed by atoms with E-state index >= 15 is 0 Å². The van der Waals surface area contributed by atoms with E-state index in [1.54, 1.807) is 35.6 Å². The largest absolute Gasteiger partial charge is 0.462 e.